The van der Waals surface area contributed by atoms with Gasteiger partial charge in [-0.25, -0.2) is 8.42 Å². The summed E-state index contributed by atoms with van der Waals surface area (Å²) in [4.78, 5) is 30.2. The normalized spacial score (nSPS) is 20.4. The lowest BCUT2D eigenvalue weighted by molar-refractivity contribution is -0.121. The van der Waals surface area contributed by atoms with Gasteiger partial charge in [-0.2, -0.15) is 16.1 Å². The Bertz CT molecular complexity index is 1030. The van der Waals surface area contributed by atoms with Gasteiger partial charge in [0.1, 0.15) is 10.6 Å². The van der Waals surface area contributed by atoms with Crippen LogP contribution in [0.1, 0.15) is 23.3 Å². The number of benzene rings is 1. The lowest BCUT2D eigenvalue weighted by Crippen LogP contribution is -2.43. The van der Waals surface area contributed by atoms with Crippen molar-refractivity contribution in [2.24, 2.45) is 5.92 Å². The summed E-state index contributed by atoms with van der Waals surface area (Å²) in [6, 6.07) is 10.6. The quantitative estimate of drug-likeness (QED) is 0.710. The van der Waals surface area contributed by atoms with Gasteiger partial charge in [-0.15, -0.1) is 0 Å². The highest BCUT2D eigenvalue weighted by Crippen LogP contribution is 2.24. The molecule has 2 saturated heterocycles. The maximum atomic E-state index is 13.0. The van der Waals surface area contributed by atoms with Crippen LogP contribution in [-0.2, 0) is 14.8 Å². The van der Waals surface area contributed by atoms with Gasteiger partial charge in [-0.1, -0.05) is 18.2 Å². The Morgan fingerprint density at radius 2 is 1.84 bits per heavy atom. The number of thioether (sulfide) groups is 1. The standard InChI is InChI=1S/C21H26N4O4S2/c26-20(23-17-6-2-1-3-7-17)16-5-4-8-24(15-16)21(27)19-13-18(14-22-19)31(28,29)25-9-11-30-12-10-25/h1-3,6-7,13-14,16,22H,4-5,8-12,15H2,(H,23,26). The van der Waals surface area contributed by atoms with Crippen LogP contribution in [0, 0.1) is 5.92 Å². The summed E-state index contributed by atoms with van der Waals surface area (Å²) >= 11 is 1.73. The molecule has 1 aromatic carbocycles. The van der Waals surface area contributed by atoms with Gasteiger partial charge in [0, 0.05) is 49.6 Å². The van der Waals surface area contributed by atoms with Crippen molar-refractivity contribution in [3.63, 3.8) is 0 Å². The number of hydrogen-bond donors (Lipinski definition) is 2. The number of sulfonamides is 1. The molecule has 0 bridgehead atoms. The van der Waals surface area contributed by atoms with Gasteiger partial charge in [0.15, 0.2) is 0 Å². The van der Waals surface area contributed by atoms with Crippen molar-refractivity contribution >= 4 is 39.3 Å². The third-order valence-corrected chi connectivity index (χ3v) is 8.43. The summed E-state index contributed by atoms with van der Waals surface area (Å²) in [5.74, 6) is 0.849. The van der Waals surface area contributed by atoms with E-state index in [1.165, 1.54) is 16.6 Å². The third kappa shape index (κ3) is 4.97. The molecule has 2 aliphatic rings. The third-order valence-electron chi connectivity index (χ3n) is 5.62. The summed E-state index contributed by atoms with van der Waals surface area (Å²) in [6.07, 6.45) is 2.81. The van der Waals surface area contributed by atoms with Crippen LogP contribution in [0.5, 0.6) is 0 Å². The molecule has 2 amide bonds. The van der Waals surface area contributed by atoms with E-state index in [0.29, 0.717) is 32.6 Å². The van der Waals surface area contributed by atoms with Crippen LogP contribution in [0.3, 0.4) is 0 Å². The van der Waals surface area contributed by atoms with Crippen LogP contribution >= 0.6 is 11.8 Å². The highest BCUT2D eigenvalue weighted by atomic mass is 32.2. The monoisotopic (exact) mass is 462 g/mol. The zero-order chi connectivity index (χ0) is 21.8. The van der Waals surface area contributed by atoms with E-state index < -0.39 is 10.0 Å². The molecular weight excluding hydrogens is 436 g/mol. The number of para-hydroxylation sites is 1. The van der Waals surface area contributed by atoms with Crippen LogP contribution < -0.4 is 5.32 Å². The van der Waals surface area contributed by atoms with E-state index in [4.69, 9.17) is 0 Å². The summed E-state index contributed by atoms with van der Waals surface area (Å²) in [5.41, 5.74) is 0.959. The number of H-pyrrole nitrogens is 1. The number of hydrogen-bond acceptors (Lipinski definition) is 5. The minimum Gasteiger partial charge on any atom is -0.356 e. The molecule has 0 aliphatic carbocycles. The first-order valence-electron chi connectivity index (χ1n) is 10.4. The zero-order valence-electron chi connectivity index (χ0n) is 17.1. The number of rotatable bonds is 5. The van der Waals surface area contributed by atoms with Crippen LogP contribution in [0.4, 0.5) is 5.69 Å². The predicted molar refractivity (Wildman–Crippen MR) is 121 cm³/mol. The molecule has 4 rings (SSSR count). The molecule has 1 aromatic heterocycles. The zero-order valence-corrected chi connectivity index (χ0v) is 18.8. The van der Waals surface area contributed by atoms with Gasteiger partial charge in [0.2, 0.25) is 15.9 Å². The lowest BCUT2D eigenvalue weighted by atomic mass is 9.96. The first kappa shape index (κ1) is 21.9. The summed E-state index contributed by atoms with van der Waals surface area (Å²) in [7, 11) is -3.61. The van der Waals surface area contributed by atoms with Crippen molar-refractivity contribution in [1.82, 2.24) is 14.2 Å². The van der Waals surface area contributed by atoms with Crippen molar-refractivity contribution in [1.29, 1.82) is 0 Å². The molecule has 0 radical (unpaired) electrons. The SMILES string of the molecule is O=C(Nc1ccccc1)C1CCCN(C(=O)c2cc(S(=O)(=O)N3CCSCC3)c[nH]2)C1. The molecule has 1 unspecified atom stereocenters. The first-order valence-corrected chi connectivity index (χ1v) is 13.0. The maximum Gasteiger partial charge on any atom is 0.270 e. The number of nitrogens with one attached hydrogen (secondary N) is 2. The molecule has 166 valence electrons. The molecule has 0 spiro atoms. The topological polar surface area (TPSA) is 103 Å². The van der Waals surface area contributed by atoms with Crippen molar-refractivity contribution in [3.8, 4) is 0 Å². The van der Waals surface area contributed by atoms with Crippen LogP contribution in [-0.4, -0.2) is 72.1 Å². The van der Waals surface area contributed by atoms with Gasteiger partial charge in [0.05, 0.1) is 5.92 Å². The van der Waals surface area contributed by atoms with E-state index in [1.807, 2.05) is 30.3 Å². The van der Waals surface area contributed by atoms with Crippen molar-refractivity contribution in [2.45, 2.75) is 17.7 Å². The van der Waals surface area contributed by atoms with Crippen molar-refractivity contribution < 1.29 is 18.0 Å². The van der Waals surface area contributed by atoms with E-state index >= 15 is 0 Å². The minimum atomic E-state index is -3.61. The highest BCUT2D eigenvalue weighted by molar-refractivity contribution is 7.99. The van der Waals surface area contributed by atoms with Gasteiger partial charge in [-0.3, -0.25) is 9.59 Å². The van der Waals surface area contributed by atoms with Crippen LogP contribution in [0.25, 0.3) is 0 Å². The Morgan fingerprint density at radius 1 is 1.10 bits per heavy atom. The van der Waals surface area contributed by atoms with E-state index in [9.17, 15) is 18.0 Å². The van der Waals surface area contributed by atoms with Gasteiger partial charge >= 0.3 is 0 Å². The molecule has 1 atom stereocenters. The highest BCUT2D eigenvalue weighted by Gasteiger charge is 2.31. The fourth-order valence-electron chi connectivity index (χ4n) is 3.89. The Balaban J connectivity index is 1.42. The van der Waals surface area contributed by atoms with E-state index in [0.717, 1.165) is 23.6 Å². The molecule has 2 fully saturated rings. The summed E-state index contributed by atoms with van der Waals surface area (Å²) < 4.78 is 27.1. The fraction of sp³-hybridized carbons (Fsp3) is 0.429. The van der Waals surface area contributed by atoms with E-state index in [2.05, 4.69) is 10.3 Å². The average molecular weight is 463 g/mol. The van der Waals surface area contributed by atoms with Crippen molar-refractivity contribution in [3.05, 3.63) is 48.3 Å². The van der Waals surface area contributed by atoms with E-state index in [1.54, 1.807) is 16.7 Å². The second kappa shape index (κ2) is 9.46. The number of carbonyl (C=O) groups is 2. The smallest absolute Gasteiger partial charge is 0.270 e. The van der Waals surface area contributed by atoms with Crippen LogP contribution in [0.15, 0.2) is 47.5 Å². The van der Waals surface area contributed by atoms with Crippen molar-refractivity contribution in [2.75, 3.05) is 43.0 Å². The molecule has 2 aromatic rings. The Labute approximate surface area is 186 Å². The molecule has 10 heteroatoms. The maximum absolute atomic E-state index is 13.0. The summed E-state index contributed by atoms with van der Waals surface area (Å²) in [5, 5.41) is 2.90. The lowest BCUT2D eigenvalue weighted by Gasteiger charge is -2.31. The molecule has 2 N–H and O–H groups in total. The molecule has 0 saturated carbocycles. The summed E-state index contributed by atoms with van der Waals surface area (Å²) in [6.45, 7) is 1.80. The fourth-order valence-corrected chi connectivity index (χ4v) is 6.46. The number of aromatic nitrogens is 1. The second-order valence-corrected chi connectivity index (χ2v) is 10.9. The number of amides is 2. The molecule has 31 heavy (non-hydrogen) atoms. The Hall–Kier alpha value is -2.30. The Kier molecular flexibility index (Phi) is 6.68. The van der Waals surface area contributed by atoms with Gasteiger partial charge in [0.25, 0.3) is 5.91 Å². The van der Waals surface area contributed by atoms with Crippen LogP contribution in [0.2, 0.25) is 0 Å². The number of aromatic amines is 1. The number of piperidine rings is 1. The Morgan fingerprint density at radius 3 is 2.58 bits per heavy atom. The number of anilines is 1. The number of nitrogens with zero attached hydrogens (tertiary/aromatic N) is 2. The predicted octanol–water partition coefficient (Wildman–Crippen LogP) is 2.24. The molecular formula is C21H26N4O4S2. The van der Waals surface area contributed by atoms with E-state index in [-0.39, 0.29) is 28.3 Å². The van der Waals surface area contributed by atoms with Gasteiger partial charge < -0.3 is 15.2 Å². The largest absolute Gasteiger partial charge is 0.356 e. The first-order chi connectivity index (χ1) is 14.9. The molecule has 2 aliphatic heterocycles. The molecule has 3 heterocycles. The number of likely N-dealkylation sites (tertiary alicyclic amines) is 1. The minimum absolute atomic E-state index is 0.109. The average Bonchev–Trinajstić information content (AvgIpc) is 3.31. The second-order valence-electron chi connectivity index (χ2n) is 7.71. The number of carbonyl (C=O) groups excluding carboxylic acids is 2. The molecule has 8 nitrogen and oxygen atoms in total. The van der Waals surface area contributed by atoms with Gasteiger partial charge in [-0.05, 0) is 31.0 Å².